The Bertz CT molecular complexity index is 239. The lowest BCUT2D eigenvalue weighted by Gasteiger charge is -2.43. The summed E-state index contributed by atoms with van der Waals surface area (Å²) in [5, 5.41) is 5.25. The van der Waals surface area contributed by atoms with Gasteiger partial charge in [-0.1, -0.05) is 0 Å². The van der Waals surface area contributed by atoms with Crippen molar-refractivity contribution < 1.29 is 13.9 Å². The Hall–Kier alpha value is -0.840. The van der Waals surface area contributed by atoms with Crippen LogP contribution in [0.25, 0.3) is 0 Å². The van der Waals surface area contributed by atoms with Gasteiger partial charge in [0.25, 0.3) is 0 Å². The first kappa shape index (κ1) is 11.2. The number of alkyl halides is 1. The second-order valence-electron chi connectivity index (χ2n) is 4.68. The molecule has 2 atom stereocenters. The number of ether oxygens (including phenoxy) is 1. The molecule has 1 aliphatic rings. The number of carbonyl (C=O) groups is 1. The summed E-state index contributed by atoms with van der Waals surface area (Å²) in [4.78, 5) is 11.3. The zero-order valence-corrected chi connectivity index (χ0v) is 8.98. The molecule has 4 nitrogen and oxygen atoms in total. The Morgan fingerprint density at radius 1 is 1.64 bits per heavy atom. The Morgan fingerprint density at radius 3 is 2.50 bits per heavy atom. The molecule has 0 aromatic rings. The molecule has 1 amide bonds. The summed E-state index contributed by atoms with van der Waals surface area (Å²) in [6.45, 7) is 7.14. The predicted octanol–water partition coefficient (Wildman–Crippen LogP) is 1.17. The molecule has 1 fully saturated rings. The van der Waals surface area contributed by atoms with Crippen molar-refractivity contribution in [3.05, 3.63) is 0 Å². The van der Waals surface area contributed by atoms with Gasteiger partial charge in [0, 0.05) is 6.54 Å². The van der Waals surface area contributed by atoms with Gasteiger partial charge in [-0.2, -0.15) is 0 Å². The normalized spacial score (nSPS) is 31.9. The third-order valence-electron chi connectivity index (χ3n) is 2.04. The SMILES string of the molecule is CC(C)(C)OC(=O)N[C@]1(C)NCC1F. The highest BCUT2D eigenvalue weighted by atomic mass is 19.1. The highest BCUT2D eigenvalue weighted by Crippen LogP contribution is 2.19. The van der Waals surface area contributed by atoms with Gasteiger partial charge in [-0.15, -0.1) is 0 Å². The average molecular weight is 204 g/mol. The molecule has 1 heterocycles. The summed E-state index contributed by atoms with van der Waals surface area (Å²) in [7, 11) is 0. The first-order valence-corrected chi connectivity index (χ1v) is 4.63. The van der Waals surface area contributed by atoms with Crippen molar-refractivity contribution >= 4 is 6.09 Å². The van der Waals surface area contributed by atoms with Gasteiger partial charge in [0.1, 0.15) is 17.4 Å². The van der Waals surface area contributed by atoms with Gasteiger partial charge in [0.15, 0.2) is 0 Å². The van der Waals surface area contributed by atoms with E-state index in [2.05, 4.69) is 10.6 Å². The number of nitrogens with one attached hydrogen (secondary N) is 2. The molecule has 1 saturated heterocycles. The van der Waals surface area contributed by atoms with Crippen LogP contribution in [0.1, 0.15) is 27.7 Å². The molecule has 1 rings (SSSR count). The molecule has 0 saturated carbocycles. The summed E-state index contributed by atoms with van der Waals surface area (Å²) in [5.41, 5.74) is -1.53. The van der Waals surface area contributed by atoms with Crippen LogP contribution >= 0.6 is 0 Å². The molecule has 0 bridgehead atoms. The van der Waals surface area contributed by atoms with E-state index >= 15 is 0 Å². The lowest BCUT2D eigenvalue weighted by molar-refractivity contribution is 0.00969. The van der Waals surface area contributed by atoms with Crippen LogP contribution in [-0.4, -0.2) is 30.1 Å². The molecule has 14 heavy (non-hydrogen) atoms. The van der Waals surface area contributed by atoms with E-state index in [1.165, 1.54) is 0 Å². The lowest BCUT2D eigenvalue weighted by Crippen LogP contribution is -2.74. The monoisotopic (exact) mass is 204 g/mol. The van der Waals surface area contributed by atoms with Gasteiger partial charge < -0.3 is 10.1 Å². The highest BCUT2D eigenvalue weighted by Gasteiger charge is 2.44. The zero-order valence-electron chi connectivity index (χ0n) is 8.98. The van der Waals surface area contributed by atoms with E-state index in [0.29, 0.717) is 0 Å². The summed E-state index contributed by atoms with van der Waals surface area (Å²) < 4.78 is 18.0. The van der Waals surface area contributed by atoms with Crippen LogP contribution in [0, 0.1) is 0 Å². The number of carbonyl (C=O) groups excluding carboxylic acids is 1. The van der Waals surface area contributed by atoms with Gasteiger partial charge in [-0.25, -0.2) is 9.18 Å². The van der Waals surface area contributed by atoms with Gasteiger partial charge in [0.2, 0.25) is 0 Å². The van der Waals surface area contributed by atoms with Gasteiger partial charge in [0.05, 0.1) is 0 Å². The molecular formula is C9H17FN2O2. The summed E-state index contributed by atoms with van der Waals surface area (Å²) >= 11 is 0. The number of rotatable bonds is 1. The lowest BCUT2D eigenvalue weighted by atomic mass is 9.99. The fourth-order valence-corrected chi connectivity index (χ4v) is 1.12. The zero-order chi connectivity index (χ0) is 11.0. The topological polar surface area (TPSA) is 50.4 Å². The van der Waals surface area contributed by atoms with Crippen molar-refractivity contribution in [1.82, 2.24) is 10.6 Å². The maximum absolute atomic E-state index is 13.0. The molecule has 0 spiro atoms. The minimum Gasteiger partial charge on any atom is -0.444 e. The number of alkyl carbamates (subject to hydrolysis) is 1. The van der Waals surface area contributed by atoms with E-state index in [1.807, 2.05) is 0 Å². The van der Waals surface area contributed by atoms with Crippen molar-refractivity contribution in [3.8, 4) is 0 Å². The van der Waals surface area contributed by atoms with Crippen molar-refractivity contribution in [2.75, 3.05) is 6.54 Å². The maximum Gasteiger partial charge on any atom is 0.409 e. The molecule has 0 radical (unpaired) electrons. The molecule has 82 valence electrons. The van der Waals surface area contributed by atoms with Crippen molar-refractivity contribution in [2.24, 2.45) is 0 Å². The minimum absolute atomic E-state index is 0.270. The number of hydrogen-bond acceptors (Lipinski definition) is 3. The fourth-order valence-electron chi connectivity index (χ4n) is 1.12. The van der Waals surface area contributed by atoms with Gasteiger partial charge in [-0.3, -0.25) is 5.32 Å². The summed E-state index contributed by atoms with van der Waals surface area (Å²) in [6.07, 6.45) is -1.66. The molecule has 2 N–H and O–H groups in total. The second-order valence-corrected chi connectivity index (χ2v) is 4.68. The molecule has 1 aliphatic heterocycles. The van der Waals surface area contributed by atoms with E-state index in [9.17, 15) is 9.18 Å². The van der Waals surface area contributed by atoms with E-state index in [4.69, 9.17) is 4.74 Å². The molecular weight excluding hydrogens is 187 g/mol. The van der Waals surface area contributed by atoms with Crippen molar-refractivity contribution in [1.29, 1.82) is 0 Å². The Balaban J connectivity index is 2.41. The number of hydrogen-bond donors (Lipinski definition) is 2. The van der Waals surface area contributed by atoms with E-state index < -0.39 is 23.5 Å². The third kappa shape index (κ3) is 2.57. The van der Waals surface area contributed by atoms with Crippen LogP contribution < -0.4 is 10.6 Å². The van der Waals surface area contributed by atoms with Gasteiger partial charge in [-0.05, 0) is 27.7 Å². The van der Waals surface area contributed by atoms with Crippen LogP contribution in [0.2, 0.25) is 0 Å². The number of halogens is 1. The minimum atomic E-state index is -1.06. The summed E-state index contributed by atoms with van der Waals surface area (Å²) in [5.74, 6) is 0. The van der Waals surface area contributed by atoms with Crippen LogP contribution in [0.15, 0.2) is 0 Å². The van der Waals surface area contributed by atoms with Crippen LogP contribution in [0.5, 0.6) is 0 Å². The molecule has 0 aromatic heterocycles. The fraction of sp³-hybridized carbons (Fsp3) is 0.889. The third-order valence-corrected chi connectivity index (χ3v) is 2.04. The van der Waals surface area contributed by atoms with Crippen molar-refractivity contribution in [3.63, 3.8) is 0 Å². The van der Waals surface area contributed by atoms with Gasteiger partial charge >= 0.3 is 6.09 Å². The molecule has 5 heteroatoms. The quantitative estimate of drug-likeness (QED) is 0.674. The van der Waals surface area contributed by atoms with Crippen LogP contribution in [-0.2, 0) is 4.74 Å². The predicted molar refractivity (Wildman–Crippen MR) is 50.7 cm³/mol. The average Bonchev–Trinajstić information content (AvgIpc) is 1.98. The first-order chi connectivity index (χ1) is 6.23. The number of amides is 1. The van der Waals surface area contributed by atoms with Crippen LogP contribution in [0.3, 0.4) is 0 Å². The van der Waals surface area contributed by atoms with E-state index in [0.717, 1.165) is 0 Å². The smallest absolute Gasteiger partial charge is 0.409 e. The maximum atomic E-state index is 13.0. The van der Waals surface area contributed by atoms with E-state index in [1.54, 1.807) is 27.7 Å². The Labute approximate surface area is 83.2 Å². The summed E-state index contributed by atoms with van der Waals surface area (Å²) in [6, 6.07) is 0. The highest BCUT2D eigenvalue weighted by molar-refractivity contribution is 5.69. The van der Waals surface area contributed by atoms with Crippen LogP contribution in [0.4, 0.5) is 9.18 Å². The van der Waals surface area contributed by atoms with E-state index in [-0.39, 0.29) is 6.54 Å². The molecule has 0 aromatic carbocycles. The molecule has 0 aliphatic carbocycles. The standard InChI is InChI=1S/C9H17FN2O2/c1-8(2,3)14-7(13)12-9(4)6(10)5-11-9/h6,11H,5H2,1-4H3,(H,12,13)/t6?,9-/m0/s1. The second kappa shape index (κ2) is 3.38. The molecule has 1 unspecified atom stereocenters. The van der Waals surface area contributed by atoms with Crippen molar-refractivity contribution in [2.45, 2.75) is 45.1 Å². The Kier molecular flexibility index (Phi) is 2.71. The largest absolute Gasteiger partial charge is 0.444 e. The first-order valence-electron chi connectivity index (χ1n) is 4.63. The Morgan fingerprint density at radius 2 is 2.21 bits per heavy atom.